The van der Waals surface area contributed by atoms with E-state index < -0.39 is 15.9 Å². The molecule has 0 spiro atoms. The van der Waals surface area contributed by atoms with Crippen molar-refractivity contribution in [3.63, 3.8) is 0 Å². The summed E-state index contributed by atoms with van der Waals surface area (Å²) in [5.74, 6) is -0.0305. The number of oxime groups is 1. The molecule has 1 amide bonds. The molecule has 1 aliphatic rings. The molecule has 0 fully saturated rings. The largest absolute Gasteiger partial charge is 0.386 e. The molecule has 11 heteroatoms. The Morgan fingerprint density at radius 3 is 2.78 bits per heavy atom. The van der Waals surface area contributed by atoms with Gasteiger partial charge in [-0.05, 0) is 48.7 Å². The first-order valence-corrected chi connectivity index (χ1v) is 12.1. The summed E-state index contributed by atoms with van der Waals surface area (Å²) in [6, 6.07) is 10.9. The second-order valence-electron chi connectivity index (χ2n) is 7.00. The van der Waals surface area contributed by atoms with Gasteiger partial charge in [-0.15, -0.1) is 0 Å². The van der Waals surface area contributed by atoms with E-state index in [0.717, 1.165) is 19.3 Å². The monoisotopic (exact) mass is 496 g/mol. The summed E-state index contributed by atoms with van der Waals surface area (Å²) >= 11 is 11.8. The van der Waals surface area contributed by atoms with Crippen LogP contribution in [0.4, 0.5) is 5.69 Å². The maximum Gasteiger partial charge on any atom is 0.265 e. The number of halogens is 2. The topological polar surface area (TPSA) is 109 Å². The van der Waals surface area contributed by atoms with E-state index in [4.69, 9.17) is 28.0 Å². The number of carbonyl (C=O) groups excluding carboxylic acids is 1. The summed E-state index contributed by atoms with van der Waals surface area (Å²) in [4.78, 5) is 21.4. The van der Waals surface area contributed by atoms with E-state index in [1.807, 2.05) is 0 Å². The molecule has 3 rings (SSSR count). The molecule has 170 valence electrons. The van der Waals surface area contributed by atoms with Crippen LogP contribution in [0.3, 0.4) is 0 Å². The predicted octanol–water partition coefficient (Wildman–Crippen LogP) is 4.23. The summed E-state index contributed by atoms with van der Waals surface area (Å²) in [5.41, 5.74) is 0.973. The van der Waals surface area contributed by atoms with Gasteiger partial charge in [0.15, 0.2) is 6.61 Å². The van der Waals surface area contributed by atoms with Gasteiger partial charge in [0.25, 0.3) is 15.9 Å². The third kappa shape index (κ3) is 7.22. The minimum absolute atomic E-state index is 0.0285. The van der Waals surface area contributed by atoms with Gasteiger partial charge in [-0.25, -0.2) is 8.42 Å². The SMILES string of the molecule is O=C(CON=Cc1ccc(Cl)c(Cl)c1)Nc1cccc(S(=O)(=O)NC2=NCCCCC2)c1. The number of hydrogen-bond donors (Lipinski definition) is 2. The molecule has 2 aromatic carbocycles. The van der Waals surface area contributed by atoms with Gasteiger partial charge in [0, 0.05) is 18.7 Å². The fourth-order valence-corrected chi connectivity index (χ4v) is 4.34. The Labute approximate surface area is 196 Å². The van der Waals surface area contributed by atoms with Crippen LogP contribution < -0.4 is 10.0 Å². The van der Waals surface area contributed by atoms with Gasteiger partial charge in [-0.2, -0.15) is 0 Å². The van der Waals surface area contributed by atoms with Crippen molar-refractivity contribution in [1.29, 1.82) is 0 Å². The maximum atomic E-state index is 12.7. The van der Waals surface area contributed by atoms with E-state index in [0.29, 0.717) is 40.1 Å². The summed E-state index contributed by atoms with van der Waals surface area (Å²) in [5, 5.41) is 7.10. The van der Waals surface area contributed by atoms with Crippen LogP contribution in [0, 0.1) is 0 Å². The lowest BCUT2D eigenvalue weighted by Gasteiger charge is -2.11. The van der Waals surface area contributed by atoms with Gasteiger partial charge in [-0.3, -0.25) is 14.5 Å². The number of amidine groups is 1. The Bertz CT molecular complexity index is 1140. The Balaban J connectivity index is 1.55. The molecule has 0 aliphatic carbocycles. The lowest BCUT2D eigenvalue weighted by molar-refractivity contribution is -0.120. The first-order chi connectivity index (χ1) is 15.3. The van der Waals surface area contributed by atoms with Crippen molar-refractivity contribution in [2.24, 2.45) is 10.1 Å². The van der Waals surface area contributed by atoms with Gasteiger partial charge in [0.2, 0.25) is 0 Å². The molecule has 0 saturated heterocycles. The third-order valence-electron chi connectivity index (χ3n) is 4.47. The second kappa shape index (κ2) is 11.3. The summed E-state index contributed by atoms with van der Waals surface area (Å²) in [6.07, 6.45) is 4.85. The molecule has 0 aromatic heterocycles. The highest BCUT2D eigenvalue weighted by Gasteiger charge is 2.18. The first kappa shape index (κ1) is 24.0. The lowest BCUT2D eigenvalue weighted by atomic mass is 10.2. The fourth-order valence-electron chi connectivity index (χ4n) is 2.90. The van der Waals surface area contributed by atoms with Crippen molar-refractivity contribution in [2.75, 3.05) is 18.5 Å². The molecule has 2 N–H and O–H groups in total. The van der Waals surface area contributed by atoms with Gasteiger partial charge in [0.05, 0.1) is 21.2 Å². The summed E-state index contributed by atoms with van der Waals surface area (Å²) in [6.45, 7) is 0.255. The molecular weight excluding hydrogens is 475 g/mol. The van der Waals surface area contributed by atoms with Crippen LogP contribution in [0.5, 0.6) is 0 Å². The summed E-state index contributed by atoms with van der Waals surface area (Å²) in [7, 11) is -3.80. The molecule has 0 bridgehead atoms. The Morgan fingerprint density at radius 2 is 1.97 bits per heavy atom. The number of carbonyl (C=O) groups is 1. The van der Waals surface area contributed by atoms with Crippen molar-refractivity contribution in [3.05, 3.63) is 58.1 Å². The van der Waals surface area contributed by atoms with Gasteiger partial charge in [-0.1, -0.05) is 46.9 Å². The van der Waals surface area contributed by atoms with E-state index in [9.17, 15) is 13.2 Å². The van der Waals surface area contributed by atoms with E-state index in [1.54, 1.807) is 30.3 Å². The van der Waals surface area contributed by atoms with Crippen molar-refractivity contribution in [2.45, 2.75) is 30.6 Å². The van der Waals surface area contributed by atoms with Crippen LogP contribution in [-0.4, -0.2) is 39.5 Å². The molecule has 2 aromatic rings. The Hall–Kier alpha value is -2.62. The molecule has 32 heavy (non-hydrogen) atoms. The average Bonchev–Trinajstić information content (AvgIpc) is 3.02. The van der Waals surface area contributed by atoms with E-state index in [-0.39, 0.29) is 11.5 Å². The van der Waals surface area contributed by atoms with E-state index in [1.165, 1.54) is 18.3 Å². The van der Waals surface area contributed by atoms with Crippen LogP contribution in [0.15, 0.2) is 57.5 Å². The molecular formula is C21H22Cl2N4O4S. The smallest absolute Gasteiger partial charge is 0.265 e. The van der Waals surface area contributed by atoms with Crippen LogP contribution in [-0.2, 0) is 19.7 Å². The molecule has 1 aliphatic heterocycles. The lowest BCUT2D eigenvalue weighted by Crippen LogP contribution is -2.30. The zero-order chi connectivity index (χ0) is 23.0. The van der Waals surface area contributed by atoms with E-state index >= 15 is 0 Å². The Morgan fingerprint density at radius 1 is 1.12 bits per heavy atom. The number of nitrogens with one attached hydrogen (secondary N) is 2. The Kier molecular flexibility index (Phi) is 8.49. The quantitative estimate of drug-likeness (QED) is 0.441. The number of amides is 1. The zero-order valence-corrected chi connectivity index (χ0v) is 19.4. The van der Waals surface area contributed by atoms with Crippen LogP contribution in [0.1, 0.15) is 31.2 Å². The minimum Gasteiger partial charge on any atom is -0.386 e. The number of nitrogens with zero attached hydrogens (tertiary/aromatic N) is 2. The van der Waals surface area contributed by atoms with Gasteiger partial charge < -0.3 is 10.2 Å². The molecule has 8 nitrogen and oxygen atoms in total. The van der Waals surface area contributed by atoms with Crippen LogP contribution in [0.2, 0.25) is 10.0 Å². The third-order valence-corrected chi connectivity index (χ3v) is 6.59. The number of hydrogen-bond acceptors (Lipinski definition) is 6. The first-order valence-electron chi connectivity index (χ1n) is 9.90. The van der Waals surface area contributed by atoms with Crippen LogP contribution >= 0.6 is 23.2 Å². The number of anilines is 1. The average molecular weight is 497 g/mol. The van der Waals surface area contributed by atoms with Crippen molar-refractivity contribution >= 4 is 56.9 Å². The number of sulfonamides is 1. The van der Waals surface area contributed by atoms with Gasteiger partial charge in [0.1, 0.15) is 5.84 Å². The van der Waals surface area contributed by atoms with Crippen LogP contribution in [0.25, 0.3) is 0 Å². The van der Waals surface area contributed by atoms with Crippen molar-refractivity contribution in [3.8, 4) is 0 Å². The van der Waals surface area contributed by atoms with Crippen molar-refractivity contribution < 1.29 is 18.0 Å². The summed E-state index contributed by atoms with van der Waals surface area (Å²) < 4.78 is 27.9. The highest BCUT2D eigenvalue weighted by Crippen LogP contribution is 2.22. The van der Waals surface area contributed by atoms with E-state index in [2.05, 4.69) is 20.2 Å². The molecule has 1 heterocycles. The highest BCUT2D eigenvalue weighted by molar-refractivity contribution is 7.90. The van der Waals surface area contributed by atoms with Gasteiger partial charge >= 0.3 is 0 Å². The second-order valence-corrected chi connectivity index (χ2v) is 9.50. The fraction of sp³-hybridized carbons (Fsp3) is 0.286. The molecule has 0 atom stereocenters. The normalized spacial score (nSPS) is 14.5. The molecule has 0 saturated carbocycles. The molecule has 0 radical (unpaired) electrons. The molecule has 0 unspecified atom stereocenters. The number of aliphatic imine (C=N–C) groups is 1. The maximum absolute atomic E-state index is 12.7. The predicted molar refractivity (Wildman–Crippen MR) is 126 cm³/mol. The zero-order valence-electron chi connectivity index (χ0n) is 17.1. The van der Waals surface area contributed by atoms with Crippen molar-refractivity contribution in [1.82, 2.24) is 4.72 Å². The highest BCUT2D eigenvalue weighted by atomic mass is 35.5. The minimum atomic E-state index is -3.80. The number of benzene rings is 2. The standard InChI is InChI=1S/C21H22Cl2N4O4S/c22-18-9-8-15(11-19(18)23)13-25-31-14-21(28)26-16-5-4-6-17(12-16)32(29,30)27-20-7-2-1-3-10-24-20/h4-6,8-9,11-13H,1-3,7,10,14H2,(H,24,27)(H,26,28). The number of rotatable bonds is 7.